The number of hydrogen-bond acceptors (Lipinski definition) is 5. The zero-order valence-corrected chi connectivity index (χ0v) is 16.4. The van der Waals surface area contributed by atoms with Gasteiger partial charge in [0.25, 0.3) is 5.56 Å². The molecule has 2 aromatic rings. The summed E-state index contributed by atoms with van der Waals surface area (Å²) in [4.78, 5) is 28.4. The first kappa shape index (κ1) is 20.2. The molecule has 2 aliphatic rings. The smallest absolute Gasteiger partial charge is 0.345 e. The first-order chi connectivity index (χ1) is 13.0. The van der Waals surface area contributed by atoms with E-state index in [4.69, 9.17) is 5.11 Å². The number of benzene rings is 1. The third kappa shape index (κ3) is 3.36. The minimum Gasteiger partial charge on any atom is -0.506 e. The molecule has 2 atom stereocenters. The van der Waals surface area contributed by atoms with Crippen LogP contribution in [0.25, 0.3) is 11.3 Å². The molecule has 2 fully saturated rings. The van der Waals surface area contributed by atoms with E-state index in [9.17, 15) is 14.7 Å². The molecule has 7 nitrogen and oxygen atoms in total. The molecule has 4 N–H and O–H groups in total. The number of rotatable bonds is 4. The number of carboxylic acid groups (broad SMARTS) is 1. The van der Waals surface area contributed by atoms with Crippen LogP contribution in [-0.4, -0.2) is 46.8 Å². The van der Waals surface area contributed by atoms with Crippen LogP contribution in [0.3, 0.4) is 0 Å². The normalized spacial score (nSPS) is 20.7. The van der Waals surface area contributed by atoms with E-state index in [1.54, 1.807) is 0 Å². The molecular weight excluding hydrogens is 382 g/mol. The highest BCUT2D eigenvalue weighted by atomic mass is 35.5. The number of anilines is 1. The van der Waals surface area contributed by atoms with Crippen molar-refractivity contribution in [2.75, 3.05) is 24.5 Å². The highest BCUT2D eigenvalue weighted by Gasteiger charge is 2.35. The number of aromatic nitrogens is 1. The van der Waals surface area contributed by atoms with E-state index in [2.05, 4.69) is 15.2 Å². The zero-order valence-electron chi connectivity index (χ0n) is 15.6. The highest BCUT2D eigenvalue weighted by Crippen LogP contribution is 2.33. The van der Waals surface area contributed by atoms with Gasteiger partial charge in [-0.05, 0) is 43.0 Å². The minimum absolute atomic E-state index is 0. The number of aromatic carboxylic acids is 1. The van der Waals surface area contributed by atoms with Crippen LogP contribution < -0.4 is 15.8 Å². The highest BCUT2D eigenvalue weighted by molar-refractivity contribution is 5.92. The van der Waals surface area contributed by atoms with Gasteiger partial charge in [0, 0.05) is 30.4 Å². The molecule has 2 aliphatic heterocycles. The molecule has 0 spiro atoms. The maximum atomic E-state index is 12.1. The number of nitrogens with zero attached hydrogens (tertiary/aromatic N) is 1. The van der Waals surface area contributed by atoms with E-state index in [1.165, 1.54) is 6.42 Å². The van der Waals surface area contributed by atoms with Crippen LogP contribution in [-0.2, 0) is 6.42 Å². The molecule has 1 aromatic heterocycles. The third-order valence-electron chi connectivity index (χ3n) is 5.74. The first-order valence-electron chi connectivity index (χ1n) is 9.29. The quantitative estimate of drug-likeness (QED) is 0.621. The summed E-state index contributed by atoms with van der Waals surface area (Å²) in [5, 5.41) is 23.0. The van der Waals surface area contributed by atoms with Gasteiger partial charge >= 0.3 is 5.97 Å². The maximum Gasteiger partial charge on any atom is 0.345 e. The van der Waals surface area contributed by atoms with Gasteiger partial charge in [-0.3, -0.25) is 4.79 Å². The van der Waals surface area contributed by atoms with Crippen molar-refractivity contribution in [1.29, 1.82) is 0 Å². The second-order valence-corrected chi connectivity index (χ2v) is 7.25. The SMILES string of the molecule is CCc1c(-c2ccc(N3C[C@H]4CCN[C@H]4C3)cc2)[nH]c(=O)c(C(=O)O)c1O.Cl. The number of aromatic hydroxyl groups is 1. The lowest BCUT2D eigenvalue weighted by molar-refractivity contribution is 0.0691. The second kappa shape index (κ2) is 7.85. The molecule has 2 saturated heterocycles. The maximum absolute atomic E-state index is 12.1. The topological polar surface area (TPSA) is 106 Å². The molecular formula is C20H24ClN3O4. The summed E-state index contributed by atoms with van der Waals surface area (Å²) < 4.78 is 0. The van der Waals surface area contributed by atoms with Gasteiger partial charge in [-0.2, -0.15) is 0 Å². The summed E-state index contributed by atoms with van der Waals surface area (Å²) in [5.74, 6) is -1.18. The lowest BCUT2D eigenvalue weighted by Crippen LogP contribution is -2.30. The van der Waals surface area contributed by atoms with Crippen molar-refractivity contribution in [2.45, 2.75) is 25.8 Å². The summed E-state index contributed by atoms with van der Waals surface area (Å²) in [6, 6.07) is 8.39. The van der Waals surface area contributed by atoms with Crippen LogP contribution in [0.15, 0.2) is 29.1 Å². The number of nitrogens with one attached hydrogen (secondary N) is 2. The summed E-state index contributed by atoms with van der Waals surface area (Å²) in [5.41, 5.74) is 1.37. The van der Waals surface area contributed by atoms with Crippen molar-refractivity contribution >= 4 is 24.1 Å². The number of halogens is 1. The van der Waals surface area contributed by atoms with Crippen molar-refractivity contribution in [2.24, 2.45) is 5.92 Å². The Bertz CT molecular complexity index is 930. The predicted octanol–water partition coefficient (Wildman–Crippen LogP) is 2.23. The van der Waals surface area contributed by atoms with Gasteiger partial charge in [0.2, 0.25) is 0 Å². The molecule has 8 heteroatoms. The molecule has 0 aliphatic carbocycles. The number of aromatic amines is 1. The van der Waals surface area contributed by atoms with Crippen LogP contribution in [0.4, 0.5) is 5.69 Å². The molecule has 0 radical (unpaired) electrons. The summed E-state index contributed by atoms with van der Waals surface area (Å²) in [6.07, 6.45) is 1.62. The third-order valence-corrected chi connectivity index (χ3v) is 5.74. The molecule has 0 bridgehead atoms. The number of H-pyrrole nitrogens is 1. The molecule has 0 amide bonds. The fourth-order valence-corrected chi connectivity index (χ4v) is 4.32. The molecule has 150 valence electrons. The monoisotopic (exact) mass is 405 g/mol. The number of carboxylic acids is 1. The largest absolute Gasteiger partial charge is 0.506 e. The fraction of sp³-hybridized carbons (Fsp3) is 0.400. The Hall–Kier alpha value is -2.51. The van der Waals surface area contributed by atoms with Crippen LogP contribution in [0.1, 0.15) is 29.3 Å². The van der Waals surface area contributed by atoms with Crippen LogP contribution >= 0.6 is 12.4 Å². The summed E-state index contributed by atoms with van der Waals surface area (Å²) >= 11 is 0. The molecule has 0 unspecified atom stereocenters. The van der Waals surface area contributed by atoms with Crippen molar-refractivity contribution in [1.82, 2.24) is 10.3 Å². The molecule has 28 heavy (non-hydrogen) atoms. The number of pyridine rings is 1. The number of fused-ring (bicyclic) bond motifs is 1. The van der Waals surface area contributed by atoms with Gasteiger partial charge in [0.15, 0.2) is 5.56 Å². The van der Waals surface area contributed by atoms with Crippen molar-refractivity contribution < 1.29 is 15.0 Å². The van der Waals surface area contributed by atoms with Crippen molar-refractivity contribution in [3.05, 3.63) is 45.7 Å². The van der Waals surface area contributed by atoms with E-state index in [1.807, 2.05) is 31.2 Å². The second-order valence-electron chi connectivity index (χ2n) is 7.25. The Morgan fingerprint density at radius 1 is 1.25 bits per heavy atom. The van der Waals surface area contributed by atoms with Gasteiger partial charge in [-0.25, -0.2) is 4.79 Å². The summed E-state index contributed by atoms with van der Waals surface area (Å²) in [6.45, 7) is 4.95. The molecule has 3 heterocycles. The van der Waals surface area contributed by atoms with E-state index < -0.39 is 22.8 Å². The Balaban J connectivity index is 0.00000225. The van der Waals surface area contributed by atoms with Gasteiger partial charge in [0.1, 0.15) is 5.75 Å². The average Bonchev–Trinajstić information content (AvgIpc) is 3.23. The van der Waals surface area contributed by atoms with Crippen LogP contribution in [0.5, 0.6) is 5.75 Å². The molecule has 0 saturated carbocycles. The van der Waals surface area contributed by atoms with Crippen molar-refractivity contribution in [3.63, 3.8) is 0 Å². The Labute approximate surface area is 168 Å². The lowest BCUT2D eigenvalue weighted by Gasteiger charge is -2.20. The molecule has 1 aromatic carbocycles. The van der Waals surface area contributed by atoms with Crippen LogP contribution in [0.2, 0.25) is 0 Å². The Morgan fingerprint density at radius 2 is 1.96 bits per heavy atom. The minimum atomic E-state index is -1.43. The number of hydrogen-bond donors (Lipinski definition) is 4. The fourth-order valence-electron chi connectivity index (χ4n) is 4.32. The van der Waals surface area contributed by atoms with E-state index >= 15 is 0 Å². The van der Waals surface area contributed by atoms with Gasteiger partial charge in [-0.15, -0.1) is 12.4 Å². The van der Waals surface area contributed by atoms with Gasteiger partial charge < -0.3 is 25.4 Å². The van der Waals surface area contributed by atoms with E-state index in [-0.39, 0.29) is 12.4 Å². The number of carbonyl (C=O) groups is 1. The van der Waals surface area contributed by atoms with Crippen molar-refractivity contribution in [3.8, 4) is 17.0 Å². The first-order valence-corrected chi connectivity index (χ1v) is 9.29. The zero-order chi connectivity index (χ0) is 19.1. The van der Waals surface area contributed by atoms with Gasteiger partial charge in [0.05, 0.1) is 5.69 Å². The Morgan fingerprint density at radius 3 is 2.57 bits per heavy atom. The average molecular weight is 406 g/mol. The predicted molar refractivity (Wildman–Crippen MR) is 110 cm³/mol. The molecule has 4 rings (SSSR count). The van der Waals surface area contributed by atoms with Crippen LogP contribution in [0, 0.1) is 5.92 Å². The van der Waals surface area contributed by atoms with Gasteiger partial charge in [-0.1, -0.05) is 19.1 Å². The Kier molecular flexibility index (Phi) is 5.67. The summed E-state index contributed by atoms with van der Waals surface area (Å²) in [7, 11) is 0. The lowest BCUT2D eigenvalue weighted by atomic mass is 10.0. The standard InChI is InChI=1S/C20H23N3O4.ClH/c1-2-14-17(22-19(25)16(18(14)24)20(26)27)11-3-5-13(6-4-11)23-9-12-7-8-21-15(12)10-23;/h3-6,12,15,21H,2,7-10H2,1H3,(H,26,27)(H2,22,24,25);1H/t12-,15+;/m1./s1. The van der Waals surface area contributed by atoms with E-state index in [0.717, 1.165) is 30.9 Å². The van der Waals surface area contributed by atoms with E-state index in [0.29, 0.717) is 29.6 Å².